The second-order valence-corrected chi connectivity index (χ2v) is 5.15. The Kier molecular flexibility index (Phi) is 6.73. The Labute approximate surface area is 148 Å². The van der Waals surface area contributed by atoms with E-state index in [9.17, 15) is 4.79 Å². The molecule has 2 aromatic rings. The first-order valence-corrected chi connectivity index (χ1v) is 8.16. The van der Waals surface area contributed by atoms with Gasteiger partial charge in [-0.25, -0.2) is 0 Å². The molecule has 0 unspecified atom stereocenters. The number of anilines is 2. The molecular formula is C20H22N2O3. The van der Waals surface area contributed by atoms with Crippen LogP contribution in [-0.4, -0.2) is 25.7 Å². The Balaban J connectivity index is 1.97. The fraction of sp³-hybridized carbons (Fsp3) is 0.250. The number of carbonyl (C=O) groups is 1. The summed E-state index contributed by atoms with van der Waals surface area (Å²) >= 11 is 0. The molecule has 0 fully saturated rings. The van der Waals surface area contributed by atoms with Gasteiger partial charge < -0.3 is 20.1 Å². The number of hydrogen-bond donors (Lipinski definition) is 2. The fourth-order valence-corrected chi connectivity index (χ4v) is 2.24. The van der Waals surface area contributed by atoms with Crippen molar-refractivity contribution in [3.05, 3.63) is 48.0 Å². The molecule has 0 saturated heterocycles. The first-order chi connectivity index (χ1) is 12.2. The SMILES string of the molecule is C#Cc1cccc(NCC(=O)Nc2ccc(OCC)c(OCC)c2)c1. The summed E-state index contributed by atoms with van der Waals surface area (Å²) in [6.45, 7) is 5.00. The molecule has 0 aliphatic heterocycles. The van der Waals surface area contributed by atoms with Gasteiger partial charge in [-0.05, 0) is 44.2 Å². The van der Waals surface area contributed by atoms with Gasteiger partial charge in [-0.1, -0.05) is 12.0 Å². The molecule has 5 nitrogen and oxygen atoms in total. The molecule has 2 rings (SSSR count). The lowest BCUT2D eigenvalue weighted by Gasteiger charge is -2.13. The van der Waals surface area contributed by atoms with Crippen LogP contribution in [0.3, 0.4) is 0 Å². The highest BCUT2D eigenvalue weighted by Gasteiger charge is 2.08. The predicted molar refractivity (Wildman–Crippen MR) is 100 cm³/mol. The first kappa shape index (κ1) is 18.2. The number of terminal acetylenes is 1. The van der Waals surface area contributed by atoms with Gasteiger partial charge >= 0.3 is 0 Å². The predicted octanol–water partition coefficient (Wildman–Crippen LogP) is 3.52. The quantitative estimate of drug-likeness (QED) is 0.723. The van der Waals surface area contributed by atoms with Crippen molar-refractivity contribution < 1.29 is 14.3 Å². The number of benzene rings is 2. The average molecular weight is 338 g/mol. The molecule has 130 valence electrons. The Morgan fingerprint density at radius 2 is 1.80 bits per heavy atom. The standard InChI is InChI=1S/C20H22N2O3/c1-4-15-8-7-9-16(12-15)21-14-20(23)22-17-10-11-18(24-5-2)19(13-17)25-6-3/h1,7-13,21H,5-6,14H2,2-3H3,(H,22,23). The molecule has 1 amide bonds. The van der Waals surface area contributed by atoms with Crippen LogP contribution in [0.4, 0.5) is 11.4 Å². The maximum atomic E-state index is 12.1. The normalized spacial score (nSPS) is 9.80. The van der Waals surface area contributed by atoms with Crippen LogP contribution in [0.25, 0.3) is 0 Å². The minimum atomic E-state index is -0.169. The molecule has 0 heterocycles. The van der Waals surface area contributed by atoms with E-state index >= 15 is 0 Å². The van der Waals surface area contributed by atoms with Crippen molar-refractivity contribution in [1.82, 2.24) is 0 Å². The molecular weight excluding hydrogens is 316 g/mol. The van der Waals surface area contributed by atoms with Crippen LogP contribution in [0.1, 0.15) is 19.4 Å². The zero-order valence-corrected chi connectivity index (χ0v) is 14.5. The Hall–Kier alpha value is -3.13. The van der Waals surface area contributed by atoms with Crippen LogP contribution in [0.5, 0.6) is 11.5 Å². The van der Waals surface area contributed by atoms with Crippen molar-refractivity contribution in [3.63, 3.8) is 0 Å². The van der Waals surface area contributed by atoms with Crippen molar-refractivity contribution in [2.24, 2.45) is 0 Å². The van der Waals surface area contributed by atoms with Gasteiger partial charge in [0.25, 0.3) is 0 Å². The lowest BCUT2D eigenvalue weighted by Crippen LogP contribution is -2.21. The van der Waals surface area contributed by atoms with E-state index in [1.165, 1.54) is 0 Å². The van der Waals surface area contributed by atoms with Gasteiger partial charge in [-0.2, -0.15) is 0 Å². The summed E-state index contributed by atoms with van der Waals surface area (Å²) in [5, 5.41) is 5.88. The summed E-state index contributed by atoms with van der Waals surface area (Å²) in [6.07, 6.45) is 5.37. The molecule has 25 heavy (non-hydrogen) atoms. The van der Waals surface area contributed by atoms with Crippen LogP contribution in [0, 0.1) is 12.3 Å². The molecule has 2 aromatic carbocycles. The number of hydrogen-bond acceptors (Lipinski definition) is 4. The van der Waals surface area contributed by atoms with E-state index in [0.29, 0.717) is 30.4 Å². The van der Waals surface area contributed by atoms with Crippen molar-refractivity contribution in [3.8, 4) is 23.8 Å². The van der Waals surface area contributed by atoms with E-state index in [-0.39, 0.29) is 12.5 Å². The summed E-state index contributed by atoms with van der Waals surface area (Å²) < 4.78 is 11.1. The van der Waals surface area contributed by atoms with E-state index in [1.807, 2.05) is 38.1 Å². The number of carbonyl (C=O) groups excluding carboxylic acids is 1. The smallest absolute Gasteiger partial charge is 0.243 e. The van der Waals surface area contributed by atoms with E-state index in [1.54, 1.807) is 18.2 Å². The number of nitrogens with one attached hydrogen (secondary N) is 2. The highest BCUT2D eigenvalue weighted by atomic mass is 16.5. The first-order valence-electron chi connectivity index (χ1n) is 8.16. The number of amides is 1. The zero-order chi connectivity index (χ0) is 18.1. The van der Waals surface area contributed by atoms with Gasteiger partial charge in [-0.15, -0.1) is 6.42 Å². The minimum absolute atomic E-state index is 0.130. The second-order valence-electron chi connectivity index (χ2n) is 5.15. The third-order valence-electron chi connectivity index (χ3n) is 3.31. The molecule has 0 aliphatic carbocycles. The van der Waals surface area contributed by atoms with Gasteiger partial charge in [0, 0.05) is 23.0 Å². The molecule has 0 radical (unpaired) electrons. The van der Waals surface area contributed by atoms with Crippen LogP contribution in [0.2, 0.25) is 0 Å². The van der Waals surface area contributed by atoms with Crippen molar-refractivity contribution in [2.45, 2.75) is 13.8 Å². The molecule has 0 bridgehead atoms. The zero-order valence-electron chi connectivity index (χ0n) is 14.5. The fourth-order valence-electron chi connectivity index (χ4n) is 2.24. The second kappa shape index (κ2) is 9.24. The number of ether oxygens (including phenoxy) is 2. The van der Waals surface area contributed by atoms with Gasteiger partial charge in [0.15, 0.2) is 11.5 Å². The summed E-state index contributed by atoms with van der Waals surface area (Å²) in [6, 6.07) is 12.7. The minimum Gasteiger partial charge on any atom is -0.490 e. The van der Waals surface area contributed by atoms with E-state index in [2.05, 4.69) is 16.6 Å². The molecule has 0 aromatic heterocycles. The van der Waals surface area contributed by atoms with Crippen molar-refractivity contribution in [1.29, 1.82) is 0 Å². The van der Waals surface area contributed by atoms with Crippen LogP contribution in [-0.2, 0) is 4.79 Å². The maximum Gasteiger partial charge on any atom is 0.243 e. The molecule has 0 aliphatic rings. The maximum absolute atomic E-state index is 12.1. The summed E-state index contributed by atoms with van der Waals surface area (Å²) in [7, 11) is 0. The van der Waals surface area contributed by atoms with Gasteiger partial charge in [0.05, 0.1) is 19.8 Å². The van der Waals surface area contributed by atoms with Gasteiger partial charge in [0.1, 0.15) is 0 Å². The third kappa shape index (κ3) is 5.47. The van der Waals surface area contributed by atoms with Crippen LogP contribution in [0.15, 0.2) is 42.5 Å². The molecule has 5 heteroatoms. The van der Waals surface area contributed by atoms with E-state index in [0.717, 1.165) is 11.3 Å². The topological polar surface area (TPSA) is 59.6 Å². The summed E-state index contributed by atoms with van der Waals surface area (Å²) in [5.41, 5.74) is 2.21. The van der Waals surface area contributed by atoms with Crippen molar-refractivity contribution in [2.75, 3.05) is 30.4 Å². The van der Waals surface area contributed by atoms with Gasteiger partial charge in [-0.3, -0.25) is 4.79 Å². The monoisotopic (exact) mass is 338 g/mol. The number of rotatable bonds is 8. The Morgan fingerprint density at radius 3 is 2.52 bits per heavy atom. The average Bonchev–Trinajstić information content (AvgIpc) is 2.63. The lowest BCUT2D eigenvalue weighted by molar-refractivity contribution is -0.114. The largest absolute Gasteiger partial charge is 0.490 e. The lowest BCUT2D eigenvalue weighted by atomic mass is 10.2. The van der Waals surface area contributed by atoms with Gasteiger partial charge in [0.2, 0.25) is 5.91 Å². The van der Waals surface area contributed by atoms with Crippen LogP contribution >= 0.6 is 0 Å². The third-order valence-corrected chi connectivity index (χ3v) is 3.31. The highest BCUT2D eigenvalue weighted by molar-refractivity contribution is 5.94. The summed E-state index contributed by atoms with van der Waals surface area (Å²) in [5.74, 6) is 3.66. The van der Waals surface area contributed by atoms with Crippen LogP contribution < -0.4 is 20.1 Å². The molecule has 2 N–H and O–H groups in total. The molecule has 0 atom stereocenters. The van der Waals surface area contributed by atoms with Crippen molar-refractivity contribution >= 4 is 17.3 Å². The Morgan fingerprint density at radius 1 is 1.04 bits per heavy atom. The Bertz CT molecular complexity index is 766. The molecule has 0 spiro atoms. The van der Waals surface area contributed by atoms with E-state index in [4.69, 9.17) is 15.9 Å². The highest BCUT2D eigenvalue weighted by Crippen LogP contribution is 2.30. The molecule has 0 saturated carbocycles. The van der Waals surface area contributed by atoms with E-state index < -0.39 is 0 Å². The summed E-state index contributed by atoms with van der Waals surface area (Å²) in [4.78, 5) is 12.1.